The lowest BCUT2D eigenvalue weighted by Crippen LogP contribution is -2.31. The highest BCUT2D eigenvalue weighted by Crippen LogP contribution is 2.37. The van der Waals surface area contributed by atoms with Crippen LogP contribution in [0.3, 0.4) is 0 Å². The molecule has 0 bridgehead atoms. The zero-order valence-electron chi connectivity index (χ0n) is 13.9. The molecule has 1 aromatic carbocycles. The third-order valence-corrected chi connectivity index (χ3v) is 4.57. The Kier molecular flexibility index (Phi) is 6.25. The average Bonchev–Trinajstić information content (AvgIpc) is 2.49. The van der Waals surface area contributed by atoms with Crippen LogP contribution in [-0.2, 0) is 4.74 Å². The minimum absolute atomic E-state index is 0.184. The van der Waals surface area contributed by atoms with Crippen LogP contribution in [0, 0.1) is 5.41 Å². The molecule has 118 valence electrons. The first kappa shape index (κ1) is 16.5. The maximum Gasteiger partial charge on any atom is 0.0952 e. The van der Waals surface area contributed by atoms with Crippen molar-refractivity contribution in [3.05, 3.63) is 35.9 Å². The summed E-state index contributed by atoms with van der Waals surface area (Å²) in [6.45, 7) is 8.93. The molecule has 1 aromatic rings. The molecule has 1 aliphatic rings. The van der Waals surface area contributed by atoms with E-state index in [2.05, 4.69) is 56.4 Å². The summed E-state index contributed by atoms with van der Waals surface area (Å²) < 4.78 is 6.45. The summed E-state index contributed by atoms with van der Waals surface area (Å²) >= 11 is 0. The Morgan fingerprint density at radius 3 is 2.48 bits per heavy atom. The predicted molar refractivity (Wildman–Crippen MR) is 89.5 cm³/mol. The molecule has 2 nitrogen and oxygen atoms in total. The summed E-state index contributed by atoms with van der Waals surface area (Å²) in [6.07, 6.45) is 6.73. The lowest BCUT2D eigenvalue weighted by atomic mass is 9.76. The van der Waals surface area contributed by atoms with Crippen LogP contribution < -0.4 is 5.32 Å². The van der Waals surface area contributed by atoms with Crippen LogP contribution >= 0.6 is 0 Å². The predicted octanol–water partition coefficient (Wildman–Crippen LogP) is 4.71. The highest BCUT2D eigenvalue weighted by Gasteiger charge is 2.29. The molecule has 2 heteroatoms. The van der Waals surface area contributed by atoms with Crippen LogP contribution in [0.5, 0.6) is 0 Å². The van der Waals surface area contributed by atoms with Crippen molar-refractivity contribution < 1.29 is 4.74 Å². The Morgan fingerprint density at radius 2 is 1.86 bits per heavy atom. The molecule has 1 fully saturated rings. The minimum atomic E-state index is 0.184. The van der Waals surface area contributed by atoms with E-state index < -0.39 is 0 Å². The van der Waals surface area contributed by atoms with Crippen LogP contribution in [0.4, 0.5) is 0 Å². The van der Waals surface area contributed by atoms with E-state index in [0.29, 0.717) is 11.5 Å². The molecule has 1 atom stereocenters. The minimum Gasteiger partial charge on any atom is -0.369 e. The van der Waals surface area contributed by atoms with Gasteiger partial charge in [0.1, 0.15) is 0 Å². The first-order chi connectivity index (χ1) is 10.1. The number of hydrogen-bond donors (Lipinski definition) is 1. The molecule has 0 saturated heterocycles. The zero-order chi connectivity index (χ0) is 15.1. The van der Waals surface area contributed by atoms with E-state index in [1.54, 1.807) is 0 Å². The molecule has 0 aromatic heterocycles. The number of benzene rings is 1. The zero-order valence-corrected chi connectivity index (χ0v) is 13.9. The fourth-order valence-corrected chi connectivity index (χ4v) is 3.06. The average molecular weight is 289 g/mol. The van der Waals surface area contributed by atoms with Crippen molar-refractivity contribution in [1.82, 2.24) is 5.32 Å². The standard InChI is InChI=1S/C19H31NO/c1-4-14-20-15-18(16-8-6-5-7-9-16)21-17-10-12-19(2,3)13-11-17/h5-9,17-18,20H,4,10-15H2,1-3H3. The highest BCUT2D eigenvalue weighted by molar-refractivity contribution is 5.18. The molecule has 0 amide bonds. The molecular weight excluding hydrogens is 258 g/mol. The molecule has 0 spiro atoms. The first-order valence-corrected chi connectivity index (χ1v) is 8.52. The number of rotatable bonds is 7. The third-order valence-electron chi connectivity index (χ3n) is 4.57. The van der Waals surface area contributed by atoms with Gasteiger partial charge in [0.05, 0.1) is 12.2 Å². The monoisotopic (exact) mass is 289 g/mol. The largest absolute Gasteiger partial charge is 0.369 e. The molecule has 0 radical (unpaired) electrons. The molecule has 2 rings (SSSR count). The van der Waals surface area contributed by atoms with Crippen molar-refractivity contribution in [2.24, 2.45) is 5.41 Å². The van der Waals surface area contributed by atoms with Crippen molar-refractivity contribution >= 4 is 0 Å². The molecule has 0 aliphatic heterocycles. The van der Waals surface area contributed by atoms with Gasteiger partial charge in [0.2, 0.25) is 0 Å². The highest BCUT2D eigenvalue weighted by atomic mass is 16.5. The van der Waals surface area contributed by atoms with Crippen LogP contribution in [-0.4, -0.2) is 19.2 Å². The van der Waals surface area contributed by atoms with E-state index in [4.69, 9.17) is 4.74 Å². The quantitative estimate of drug-likeness (QED) is 0.734. The number of nitrogens with one attached hydrogen (secondary N) is 1. The van der Waals surface area contributed by atoms with E-state index in [1.807, 2.05) is 0 Å². The van der Waals surface area contributed by atoms with Gasteiger partial charge in [0.25, 0.3) is 0 Å². The lowest BCUT2D eigenvalue weighted by molar-refractivity contribution is -0.0459. The number of ether oxygens (including phenoxy) is 1. The van der Waals surface area contributed by atoms with Gasteiger partial charge >= 0.3 is 0 Å². The van der Waals surface area contributed by atoms with Crippen LogP contribution in [0.25, 0.3) is 0 Å². The molecule has 1 saturated carbocycles. The van der Waals surface area contributed by atoms with E-state index >= 15 is 0 Å². The van der Waals surface area contributed by atoms with Crippen LogP contribution in [0.1, 0.15) is 64.5 Å². The van der Waals surface area contributed by atoms with E-state index in [0.717, 1.165) is 13.1 Å². The fraction of sp³-hybridized carbons (Fsp3) is 0.684. The van der Waals surface area contributed by atoms with Gasteiger partial charge in [-0.2, -0.15) is 0 Å². The van der Waals surface area contributed by atoms with Gasteiger partial charge < -0.3 is 10.1 Å². The van der Waals surface area contributed by atoms with Gasteiger partial charge in [-0.1, -0.05) is 51.1 Å². The second-order valence-electron chi connectivity index (χ2n) is 7.10. The summed E-state index contributed by atoms with van der Waals surface area (Å²) in [5, 5.41) is 3.51. The molecule has 1 unspecified atom stereocenters. The van der Waals surface area contributed by atoms with Crippen LogP contribution in [0.15, 0.2) is 30.3 Å². The fourth-order valence-electron chi connectivity index (χ4n) is 3.06. The summed E-state index contributed by atoms with van der Waals surface area (Å²) in [6, 6.07) is 10.7. The van der Waals surface area contributed by atoms with Gasteiger partial charge in [-0.25, -0.2) is 0 Å². The maximum atomic E-state index is 6.45. The van der Waals surface area contributed by atoms with Gasteiger partial charge in [0, 0.05) is 6.54 Å². The van der Waals surface area contributed by atoms with E-state index in [1.165, 1.54) is 37.7 Å². The topological polar surface area (TPSA) is 21.3 Å². The third kappa shape index (κ3) is 5.44. The molecule has 1 aliphatic carbocycles. The Bertz CT molecular complexity index is 391. The maximum absolute atomic E-state index is 6.45. The van der Waals surface area contributed by atoms with E-state index in [9.17, 15) is 0 Å². The SMILES string of the molecule is CCCNCC(OC1CCC(C)(C)CC1)c1ccccc1. The first-order valence-electron chi connectivity index (χ1n) is 8.52. The smallest absolute Gasteiger partial charge is 0.0952 e. The molecular formula is C19H31NO. The Labute approximate surface area is 130 Å². The van der Waals surface area contributed by atoms with Gasteiger partial charge in [0.15, 0.2) is 0 Å². The lowest BCUT2D eigenvalue weighted by Gasteiger charge is -2.36. The van der Waals surface area contributed by atoms with Crippen molar-refractivity contribution in [2.75, 3.05) is 13.1 Å². The number of hydrogen-bond acceptors (Lipinski definition) is 2. The van der Waals surface area contributed by atoms with E-state index in [-0.39, 0.29) is 6.10 Å². The van der Waals surface area contributed by atoms with Crippen molar-refractivity contribution in [2.45, 2.75) is 65.1 Å². The molecule has 21 heavy (non-hydrogen) atoms. The summed E-state index contributed by atoms with van der Waals surface area (Å²) in [5.41, 5.74) is 1.80. The van der Waals surface area contributed by atoms with Gasteiger partial charge in [-0.3, -0.25) is 0 Å². The second kappa shape index (κ2) is 7.95. The molecule has 0 heterocycles. The van der Waals surface area contributed by atoms with Crippen molar-refractivity contribution in [3.63, 3.8) is 0 Å². The summed E-state index contributed by atoms with van der Waals surface area (Å²) in [7, 11) is 0. The van der Waals surface area contributed by atoms with Crippen molar-refractivity contribution in [3.8, 4) is 0 Å². The summed E-state index contributed by atoms with van der Waals surface area (Å²) in [4.78, 5) is 0. The Balaban J connectivity index is 1.93. The Hall–Kier alpha value is -0.860. The summed E-state index contributed by atoms with van der Waals surface area (Å²) in [5.74, 6) is 0. The van der Waals surface area contributed by atoms with Crippen LogP contribution in [0.2, 0.25) is 0 Å². The molecule has 1 N–H and O–H groups in total. The van der Waals surface area contributed by atoms with Gasteiger partial charge in [-0.15, -0.1) is 0 Å². The van der Waals surface area contributed by atoms with Crippen molar-refractivity contribution in [1.29, 1.82) is 0 Å². The second-order valence-corrected chi connectivity index (χ2v) is 7.10. The van der Waals surface area contributed by atoms with Gasteiger partial charge in [-0.05, 0) is 49.6 Å². The Morgan fingerprint density at radius 1 is 1.19 bits per heavy atom. The normalized spacial score (nSPS) is 20.3.